The third-order valence-electron chi connectivity index (χ3n) is 5.25. The zero-order valence-corrected chi connectivity index (χ0v) is 17.2. The standard InChI is InChI=1S/C23H22N4O5/c28-22(16-9-10-19(20(14-16)27(30)31)26-11-2-1-3-12-26)24-17-6-4-7-18(15-17)25-23(29)21-8-5-13-32-21/h4-10,13-15H,1-3,11-12H2,(H,24,28)(H,25,29). The Hall–Kier alpha value is -4.14. The summed E-state index contributed by atoms with van der Waals surface area (Å²) in [6.07, 6.45) is 4.51. The number of nitro benzene ring substituents is 1. The van der Waals surface area contributed by atoms with Crippen LogP contribution in [0.1, 0.15) is 40.2 Å². The number of nitro groups is 1. The van der Waals surface area contributed by atoms with Gasteiger partial charge in [0.2, 0.25) is 0 Å². The number of carbonyl (C=O) groups is 2. The first-order chi connectivity index (χ1) is 15.5. The largest absolute Gasteiger partial charge is 0.459 e. The van der Waals surface area contributed by atoms with E-state index in [2.05, 4.69) is 10.6 Å². The van der Waals surface area contributed by atoms with Crippen LogP contribution in [0.15, 0.2) is 65.3 Å². The van der Waals surface area contributed by atoms with Crippen LogP contribution < -0.4 is 15.5 Å². The molecule has 9 heteroatoms. The molecule has 1 fully saturated rings. The van der Waals surface area contributed by atoms with Gasteiger partial charge in [0.15, 0.2) is 5.76 Å². The molecule has 9 nitrogen and oxygen atoms in total. The number of anilines is 3. The highest BCUT2D eigenvalue weighted by Gasteiger charge is 2.23. The molecule has 1 aromatic heterocycles. The van der Waals surface area contributed by atoms with Crippen molar-refractivity contribution in [1.29, 1.82) is 0 Å². The van der Waals surface area contributed by atoms with Crippen LogP contribution in [0.25, 0.3) is 0 Å². The van der Waals surface area contributed by atoms with Gasteiger partial charge in [0.1, 0.15) is 5.69 Å². The number of hydrogen-bond donors (Lipinski definition) is 2. The number of piperidine rings is 1. The highest BCUT2D eigenvalue weighted by atomic mass is 16.6. The van der Waals surface area contributed by atoms with E-state index in [0.717, 1.165) is 32.4 Å². The third-order valence-corrected chi connectivity index (χ3v) is 5.25. The molecular formula is C23H22N4O5. The molecule has 4 rings (SSSR count). The SMILES string of the molecule is O=C(Nc1cccc(NC(=O)c2ccco2)c1)c1ccc(N2CCCCC2)c([N+](=O)[O-])c1. The van der Waals surface area contributed by atoms with Crippen LogP contribution >= 0.6 is 0 Å². The van der Waals surface area contributed by atoms with Gasteiger partial charge in [0, 0.05) is 36.1 Å². The van der Waals surface area contributed by atoms with Crippen molar-refractivity contribution < 1.29 is 18.9 Å². The Labute approximate surface area is 184 Å². The van der Waals surface area contributed by atoms with Crippen molar-refractivity contribution in [2.75, 3.05) is 28.6 Å². The maximum absolute atomic E-state index is 12.7. The van der Waals surface area contributed by atoms with E-state index < -0.39 is 16.7 Å². The van der Waals surface area contributed by atoms with Gasteiger partial charge >= 0.3 is 0 Å². The molecule has 164 valence electrons. The number of carbonyl (C=O) groups excluding carboxylic acids is 2. The Morgan fingerprint density at radius 1 is 0.906 bits per heavy atom. The van der Waals surface area contributed by atoms with Gasteiger partial charge in [0.05, 0.1) is 11.2 Å². The van der Waals surface area contributed by atoms with E-state index in [1.165, 1.54) is 12.3 Å². The lowest BCUT2D eigenvalue weighted by Crippen LogP contribution is -2.30. The highest BCUT2D eigenvalue weighted by molar-refractivity contribution is 6.06. The first-order valence-corrected chi connectivity index (χ1v) is 10.3. The molecule has 0 spiro atoms. The van der Waals surface area contributed by atoms with Crippen LogP contribution in [-0.4, -0.2) is 29.8 Å². The molecule has 0 bridgehead atoms. The Bertz CT molecular complexity index is 1140. The topological polar surface area (TPSA) is 118 Å². The van der Waals surface area contributed by atoms with Crippen LogP contribution in [-0.2, 0) is 0 Å². The minimum atomic E-state index is -0.479. The monoisotopic (exact) mass is 434 g/mol. The summed E-state index contributed by atoms with van der Waals surface area (Å²) < 4.78 is 5.06. The second kappa shape index (κ2) is 9.34. The van der Waals surface area contributed by atoms with Crippen molar-refractivity contribution in [1.82, 2.24) is 0 Å². The fourth-order valence-electron chi connectivity index (χ4n) is 3.69. The number of hydrogen-bond acceptors (Lipinski definition) is 6. The molecule has 0 unspecified atom stereocenters. The second-order valence-electron chi connectivity index (χ2n) is 7.47. The Kier molecular flexibility index (Phi) is 6.16. The number of amides is 2. The lowest BCUT2D eigenvalue weighted by Gasteiger charge is -2.28. The zero-order chi connectivity index (χ0) is 22.5. The maximum Gasteiger partial charge on any atom is 0.293 e. The predicted molar refractivity (Wildman–Crippen MR) is 120 cm³/mol. The second-order valence-corrected chi connectivity index (χ2v) is 7.47. The van der Waals surface area contributed by atoms with Gasteiger partial charge in [-0.15, -0.1) is 0 Å². The molecule has 1 aliphatic rings. The quantitative estimate of drug-likeness (QED) is 0.430. The zero-order valence-electron chi connectivity index (χ0n) is 17.2. The van der Waals surface area contributed by atoms with Crippen molar-refractivity contribution in [3.8, 4) is 0 Å². The Morgan fingerprint density at radius 2 is 1.62 bits per heavy atom. The summed E-state index contributed by atoms with van der Waals surface area (Å²) in [5.41, 5.74) is 1.54. The molecule has 32 heavy (non-hydrogen) atoms. The smallest absolute Gasteiger partial charge is 0.293 e. The van der Waals surface area contributed by atoms with Crippen LogP contribution in [0.5, 0.6) is 0 Å². The summed E-state index contributed by atoms with van der Waals surface area (Å²) in [6, 6.07) is 14.3. The number of furan rings is 1. The predicted octanol–water partition coefficient (Wildman–Crippen LogP) is 4.68. The van der Waals surface area contributed by atoms with Crippen LogP contribution in [0.4, 0.5) is 22.7 Å². The number of nitrogens with zero attached hydrogens (tertiary/aromatic N) is 2. The summed E-state index contributed by atoms with van der Waals surface area (Å²) in [6.45, 7) is 1.53. The third kappa shape index (κ3) is 4.77. The Balaban J connectivity index is 1.49. The summed E-state index contributed by atoms with van der Waals surface area (Å²) in [5, 5.41) is 17.1. The lowest BCUT2D eigenvalue weighted by molar-refractivity contribution is -0.384. The first-order valence-electron chi connectivity index (χ1n) is 10.3. The molecule has 2 amide bonds. The molecule has 3 aromatic rings. The van der Waals surface area contributed by atoms with E-state index in [9.17, 15) is 19.7 Å². The van der Waals surface area contributed by atoms with Crippen molar-refractivity contribution in [3.05, 3.63) is 82.3 Å². The molecule has 1 aliphatic heterocycles. The normalized spacial score (nSPS) is 13.4. The molecular weight excluding hydrogens is 412 g/mol. The molecule has 0 atom stereocenters. The van der Waals surface area contributed by atoms with Crippen molar-refractivity contribution in [2.45, 2.75) is 19.3 Å². The molecule has 0 radical (unpaired) electrons. The van der Waals surface area contributed by atoms with Crippen molar-refractivity contribution in [3.63, 3.8) is 0 Å². The van der Waals surface area contributed by atoms with Crippen LogP contribution in [0.2, 0.25) is 0 Å². The minimum Gasteiger partial charge on any atom is -0.459 e. The van der Waals surface area contributed by atoms with Gasteiger partial charge in [-0.3, -0.25) is 19.7 Å². The summed E-state index contributed by atoms with van der Waals surface area (Å²) >= 11 is 0. The minimum absolute atomic E-state index is 0.0842. The van der Waals surface area contributed by atoms with Gasteiger partial charge in [-0.1, -0.05) is 6.07 Å². The molecule has 0 saturated carbocycles. The molecule has 2 N–H and O–H groups in total. The summed E-state index contributed by atoms with van der Waals surface area (Å²) in [7, 11) is 0. The van der Waals surface area contributed by atoms with E-state index in [-0.39, 0.29) is 17.0 Å². The van der Waals surface area contributed by atoms with Crippen molar-refractivity contribution >= 4 is 34.6 Å². The van der Waals surface area contributed by atoms with Gasteiger partial charge in [-0.25, -0.2) is 0 Å². The van der Waals surface area contributed by atoms with Crippen LogP contribution in [0.3, 0.4) is 0 Å². The lowest BCUT2D eigenvalue weighted by atomic mass is 10.1. The fraction of sp³-hybridized carbons (Fsp3) is 0.217. The molecule has 0 aliphatic carbocycles. The van der Waals surface area contributed by atoms with Gasteiger partial charge in [-0.05, 0) is 61.7 Å². The average Bonchev–Trinajstić information content (AvgIpc) is 3.35. The van der Waals surface area contributed by atoms with Crippen LogP contribution in [0, 0.1) is 10.1 Å². The van der Waals surface area contributed by atoms with Gasteiger partial charge < -0.3 is 20.0 Å². The van der Waals surface area contributed by atoms with E-state index in [0.29, 0.717) is 17.1 Å². The van der Waals surface area contributed by atoms with E-state index in [1.54, 1.807) is 48.5 Å². The maximum atomic E-state index is 12.7. The van der Waals surface area contributed by atoms with E-state index in [1.807, 2.05) is 4.90 Å². The van der Waals surface area contributed by atoms with E-state index >= 15 is 0 Å². The van der Waals surface area contributed by atoms with Crippen molar-refractivity contribution in [2.24, 2.45) is 0 Å². The first kappa shape index (κ1) is 21.1. The van der Waals surface area contributed by atoms with E-state index in [4.69, 9.17) is 4.42 Å². The Morgan fingerprint density at radius 3 is 2.28 bits per heavy atom. The summed E-state index contributed by atoms with van der Waals surface area (Å²) in [4.78, 5) is 38.1. The van der Waals surface area contributed by atoms with Gasteiger partial charge in [-0.2, -0.15) is 0 Å². The molecule has 1 saturated heterocycles. The van der Waals surface area contributed by atoms with Gasteiger partial charge in [0.25, 0.3) is 17.5 Å². The summed E-state index contributed by atoms with van der Waals surface area (Å²) in [5.74, 6) is -0.726. The molecule has 2 heterocycles. The number of benzene rings is 2. The fourth-order valence-corrected chi connectivity index (χ4v) is 3.69. The average molecular weight is 434 g/mol. The number of rotatable bonds is 6. The molecule has 2 aromatic carbocycles. The highest BCUT2D eigenvalue weighted by Crippen LogP contribution is 2.31. The number of nitrogens with one attached hydrogen (secondary N) is 2.